The van der Waals surface area contributed by atoms with Crippen molar-refractivity contribution in [1.29, 1.82) is 0 Å². The third-order valence-corrected chi connectivity index (χ3v) is 3.71. The van der Waals surface area contributed by atoms with Crippen LogP contribution in [0.1, 0.15) is 39.5 Å². The zero-order valence-electron chi connectivity index (χ0n) is 12.7. The lowest BCUT2D eigenvalue weighted by Crippen LogP contribution is -2.38. The van der Waals surface area contributed by atoms with Crippen LogP contribution in [-0.2, 0) is 0 Å². The largest absolute Gasteiger partial charge is 0.327 e. The van der Waals surface area contributed by atoms with Crippen LogP contribution >= 0.6 is 0 Å². The number of hydrogen-bond acceptors (Lipinski definition) is 4. The molecule has 1 rings (SSSR count). The van der Waals surface area contributed by atoms with Crippen molar-refractivity contribution in [2.24, 2.45) is 11.5 Å². The molecule has 0 amide bonds. The molecule has 0 aromatic rings. The van der Waals surface area contributed by atoms with Gasteiger partial charge < -0.3 is 11.5 Å². The van der Waals surface area contributed by atoms with Gasteiger partial charge in [0.1, 0.15) is 0 Å². The van der Waals surface area contributed by atoms with Gasteiger partial charge in [-0.2, -0.15) is 0 Å². The van der Waals surface area contributed by atoms with Crippen molar-refractivity contribution >= 4 is 0 Å². The maximum absolute atomic E-state index is 6.38. The van der Waals surface area contributed by atoms with Crippen molar-refractivity contribution in [2.75, 3.05) is 20.1 Å². The maximum Gasteiger partial charge on any atom is 0.0459 e. The first-order valence-corrected chi connectivity index (χ1v) is 7.44. The molecular formula is C15H30N4. The van der Waals surface area contributed by atoms with E-state index in [4.69, 9.17) is 11.5 Å². The molecule has 4 nitrogen and oxygen atoms in total. The number of hydrogen-bond donors (Lipinski definition) is 3. The van der Waals surface area contributed by atoms with Gasteiger partial charge in [-0.15, -0.1) is 0 Å². The topological polar surface area (TPSA) is 67.3 Å². The lowest BCUT2D eigenvalue weighted by atomic mass is 9.94. The summed E-state index contributed by atoms with van der Waals surface area (Å²) < 4.78 is 0. The van der Waals surface area contributed by atoms with E-state index in [1.807, 2.05) is 0 Å². The second-order valence-electron chi connectivity index (χ2n) is 5.29. The fraction of sp³-hybridized carbons (Fsp3) is 0.733. The minimum absolute atomic E-state index is 0.0194. The lowest BCUT2D eigenvalue weighted by molar-refractivity contribution is 0.298. The van der Waals surface area contributed by atoms with Crippen LogP contribution in [0.2, 0.25) is 0 Å². The predicted octanol–water partition coefficient (Wildman–Crippen LogP) is 1.54. The van der Waals surface area contributed by atoms with Gasteiger partial charge >= 0.3 is 0 Å². The van der Waals surface area contributed by atoms with E-state index in [2.05, 4.69) is 43.5 Å². The van der Waals surface area contributed by atoms with Gasteiger partial charge in [0.15, 0.2) is 0 Å². The Balaban J connectivity index is 2.78. The number of hydrazine groups is 1. The highest BCUT2D eigenvalue weighted by Gasteiger charge is 2.24. The molecule has 1 aliphatic rings. The van der Waals surface area contributed by atoms with E-state index in [0.29, 0.717) is 12.6 Å². The molecule has 19 heavy (non-hydrogen) atoms. The highest BCUT2D eigenvalue weighted by molar-refractivity contribution is 5.26. The number of nitrogens with one attached hydrogen (secondary N) is 1. The summed E-state index contributed by atoms with van der Waals surface area (Å²) in [5.41, 5.74) is 18.2. The van der Waals surface area contributed by atoms with Crippen molar-refractivity contribution in [3.8, 4) is 0 Å². The molecule has 110 valence electrons. The Kier molecular flexibility index (Phi) is 7.31. The highest BCUT2D eigenvalue weighted by Crippen LogP contribution is 2.19. The first-order valence-electron chi connectivity index (χ1n) is 7.44. The van der Waals surface area contributed by atoms with E-state index in [-0.39, 0.29) is 6.04 Å². The van der Waals surface area contributed by atoms with E-state index in [1.165, 1.54) is 17.6 Å². The van der Waals surface area contributed by atoms with Crippen LogP contribution in [0.5, 0.6) is 0 Å². The summed E-state index contributed by atoms with van der Waals surface area (Å²) >= 11 is 0. The Morgan fingerprint density at radius 2 is 2.21 bits per heavy atom. The number of rotatable bonds is 7. The second kappa shape index (κ2) is 8.48. The molecule has 4 heteroatoms. The minimum atomic E-state index is -0.0194. The zero-order chi connectivity index (χ0) is 14.3. The van der Waals surface area contributed by atoms with Crippen molar-refractivity contribution in [1.82, 2.24) is 10.4 Å². The van der Waals surface area contributed by atoms with E-state index in [0.717, 1.165) is 25.8 Å². The lowest BCUT2D eigenvalue weighted by Gasteiger charge is -2.21. The maximum atomic E-state index is 6.38. The molecule has 5 N–H and O–H groups in total. The number of nitrogens with zero attached hydrogens (tertiary/aromatic N) is 1. The van der Waals surface area contributed by atoms with E-state index < -0.39 is 0 Å². The molecule has 0 aromatic heterocycles. The standard InChI is InChI=1S/C15H30N4/c1-4-6-12(5-2)11-14(17)13(7-9-16)15-8-10-19(3)18-15/h7,11,14-15,18H,4-6,8-10,16-17H2,1-3H3/b12-11-,13-7+. The van der Waals surface area contributed by atoms with Crippen LogP contribution in [-0.4, -0.2) is 37.2 Å². The number of allylic oxidation sites excluding steroid dienone is 1. The van der Waals surface area contributed by atoms with Gasteiger partial charge in [0.2, 0.25) is 0 Å². The summed E-state index contributed by atoms with van der Waals surface area (Å²) in [5, 5.41) is 2.12. The minimum Gasteiger partial charge on any atom is -0.327 e. The van der Waals surface area contributed by atoms with E-state index in [1.54, 1.807) is 0 Å². The van der Waals surface area contributed by atoms with Gasteiger partial charge in [-0.05, 0) is 24.8 Å². The van der Waals surface area contributed by atoms with Gasteiger partial charge in [0.05, 0.1) is 0 Å². The van der Waals surface area contributed by atoms with E-state index >= 15 is 0 Å². The molecule has 0 aliphatic carbocycles. The molecule has 0 saturated carbocycles. The summed E-state index contributed by atoms with van der Waals surface area (Å²) in [4.78, 5) is 0. The van der Waals surface area contributed by atoms with E-state index in [9.17, 15) is 0 Å². The first-order chi connectivity index (χ1) is 9.12. The second-order valence-corrected chi connectivity index (χ2v) is 5.29. The number of nitrogens with two attached hydrogens (primary N) is 2. The fourth-order valence-electron chi connectivity index (χ4n) is 2.66. The van der Waals surface area contributed by atoms with Crippen molar-refractivity contribution in [2.45, 2.75) is 51.6 Å². The highest BCUT2D eigenvalue weighted by atomic mass is 15.5. The summed E-state index contributed by atoms with van der Waals surface area (Å²) in [6.07, 6.45) is 8.79. The third-order valence-electron chi connectivity index (χ3n) is 3.71. The molecule has 2 unspecified atom stereocenters. The Hall–Kier alpha value is -0.680. The zero-order valence-corrected chi connectivity index (χ0v) is 12.7. The Labute approximate surface area is 117 Å². The third kappa shape index (κ3) is 5.07. The summed E-state index contributed by atoms with van der Waals surface area (Å²) in [7, 11) is 2.07. The average molecular weight is 266 g/mol. The smallest absolute Gasteiger partial charge is 0.0459 e. The first kappa shape index (κ1) is 16.4. The molecule has 1 aliphatic heterocycles. The SMILES string of the molecule is CCC/C(=C\C(N)/C(=C\CN)C1CCN(C)N1)CC. The molecule has 0 radical (unpaired) electrons. The van der Waals surface area contributed by atoms with Gasteiger partial charge in [-0.25, -0.2) is 10.4 Å². The van der Waals surface area contributed by atoms with Crippen LogP contribution in [0.15, 0.2) is 23.3 Å². The molecule has 0 aromatic carbocycles. The molecular weight excluding hydrogens is 236 g/mol. The van der Waals surface area contributed by atoms with Gasteiger partial charge in [-0.1, -0.05) is 38.0 Å². The Morgan fingerprint density at radius 1 is 1.47 bits per heavy atom. The normalized spacial score (nSPS) is 23.9. The van der Waals surface area contributed by atoms with Gasteiger partial charge in [-0.3, -0.25) is 0 Å². The Bertz CT molecular complexity index is 322. The molecule has 1 fully saturated rings. The van der Waals surface area contributed by atoms with Crippen molar-refractivity contribution in [3.63, 3.8) is 0 Å². The summed E-state index contributed by atoms with van der Waals surface area (Å²) in [6, 6.07) is 0.314. The molecule has 2 atom stereocenters. The molecule has 1 saturated heterocycles. The monoisotopic (exact) mass is 266 g/mol. The van der Waals surface area contributed by atoms with Crippen LogP contribution in [0, 0.1) is 0 Å². The molecule has 0 bridgehead atoms. The quantitative estimate of drug-likeness (QED) is 0.612. The van der Waals surface area contributed by atoms with Crippen LogP contribution in [0.25, 0.3) is 0 Å². The summed E-state index contributed by atoms with van der Waals surface area (Å²) in [5.74, 6) is 0. The van der Waals surface area contributed by atoms with Gasteiger partial charge in [0, 0.05) is 32.2 Å². The predicted molar refractivity (Wildman–Crippen MR) is 82.6 cm³/mol. The van der Waals surface area contributed by atoms with Crippen LogP contribution < -0.4 is 16.9 Å². The van der Waals surface area contributed by atoms with Gasteiger partial charge in [0.25, 0.3) is 0 Å². The summed E-state index contributed by atoms with van der Waals surface area (Å²) in [6.45, 7) is 6.01. The van der Waals surface area contributed by atoms with Crippen molar-refractivity contribution < 1.29 is 0 Å². The van der Waals surface area contributed by atoms with Crippen LogP contribution in [0.3, 0.4) is 0 Å². The molecule has 0 spiro atoms. The van der Waals surface area contributed by atoms with Crippen LogP contribution in [0.4, 0.5) is 0 Å². The molecule has 1 heterocycles. The average Bonchev–Trinajstić information content (AvgIpc) is 2.81. The fourth-order valence-corrected chi connectivity index (χ4v) is 2.66. The van der Waals surface area contributed by atoms with Crippen molar-refractivity contribution in [3.05, 3.63) is 23.3 Å². The Morgan fingerprint density at radius 3 is 2.68 bits per heavy atom.